The van der Waals surface area contributed by atoms with E-state index in [4.69, 9.17) is 21.1 Å². The zero-order valence-electron chi connectivity index (χ0n) is 22.0. The van der Waals surface area contributed by atoms with E-state index in [9.17, 15) is 19.7 Å². The third kappa shape index (κ3) is 6.99. The average Bonchev–Trinajstić information content (AvgIpc) is 2.88. The van der Waals surface area contributed by atoms with Crippen LogP contribution in [0.2, 0.25) is 5.02 Å². The van der Waals surface area contributed by atoms with Crippen LogP contribution in [0.15, 0.2) is 71.1 Å². The Morgan fingerprint density at radius 2 is 1.71 bits per heavy atom. The number of nitrogens with one attached hydrogen (secondary N) is 1. The number of hydrogen-bond donors (Lipinski definition) is 1. The number of allylic oxidation sites excluding steroid dienone is 2. The first-order chi connectivity index (χ1) is 18.1. The Kier molecular flexibility index (Phi) is 10.0. The molecule has 0 spiro atoms. The number of nitro groups is 1. The Morgan fingerprint density at radius 3 is 2.34 bits per heavy atom. The highest BCUT2D eigenvalue weighted by Crippen LogP contribution is 2.43. The van der Waals surface area contributed by atoms with Crippen molar-refractivity contribution >= 4 is 29.2 Å². The van der Waals surface area contributed by atoms with Gasteiger partial charge >= 0.3 is 11.9 Å². The van der Waals surface area contributed by atoms with Crippen molar-refractivity contribution in [3.8, 4) is 0 Å². The molecule has 10 heteroatoms. The first kappa shape index (κ1) is 28.9. The standard InChI is InChI=1S/C28H32ClN3O6/c1-18-24(27(33)37-4)26(22-16-21(32(35)36)12-13-23(22)29)25(19(2)30-18)28(34)38-15-9-8-14-31(3)17-20-10-6-5-7-11-20/h5-7,10-13,16,26,30H,8-9,14-15,17H2,1-4H3. The van der Waals surface area contributed by atoms with Gasteiger partial charge in [-0.15, -0.1) is 0 Å². The second-order valence-corrected chi connectivity index (χ2v) is 9.56. The van der Waals surface area contributed by atoms with Gasteiger partial charge in [0.1, 0.15) is 0 Å². The van der Waals surface area contributed by atoms with Crippen LogP contribution in [0.4, 0.5) is 5.69 Å². The molecule has 202 valence electrons. The summed E-state index contributed by atoms with van der Waals surface area (Å²) in [6.07, 6.45) is 1.46. The van der Waals surface area contributed by atoms with E-state index in [1.54, 1.807) is 13.8 Å². The molecule has 0 aromatic heterocycles. The molecule has 0 fully saturated rings. The minimum atomic E-state index is -0.999. The van der Waals surface area contributed by atoms with Crippen molar-refractivity contribution in [3.63, 3.8) is 0 Å². The van der Waals surface area contributed by atoms with Crippen molar-refractivity contribution in [1.29, 1.82) is 0 Å². The Hall–Kier alpha value is -3.69. The maximum Gasteiger partial charge on any atom is 0.336 e. The number of ether oxygens (including phenoxy) is 2. The van der Waals surface area contributed by atoms with E-state index < -0.39 is 22.8 Å². The highest BCUT2D eigenvalue weighted by Gasteiger charge is 2.39. The van der Waals surface area contributed by atoms with Gasteiger partial charge < -0.3 is 19.7 Å². The first-order valence-electron chi connectivity index (χ1n) is 12.2. The summed E-state index contributed by atoms with van der Waals surface area (Å²) in [7, 11) is 3.27. The van der Waals surface area contributed by atoms with Crippen LogP contribution in [0.5, 0.6) is 0 Å². The first-order valence-corrected chi connectivity index (χ1v) is 12.6. The van der Waals surface area contributed by atoms with Crippen molar-refractivity contribution in [2.24, 2.45) is 0 Å². The van der Waals surface area contributed by atoms with Gasteiger partial charge in [-0.05, 0) is 57.5 Å². The highest BCUT2D eigenvalue weighted by atomic mass is 35.5. The fourth-order valence-electron chi connectivity index (χ4n) is 4.52. The summed E-state index contributed by atoms with van der Waals surface area (Å²) in [4.78, 5) is 39.2. The van der Waals surface area contributed by atoms with E-state index in [1.807, 2.05) is 25.2 Å². The van der Waals surface area contributed by atoms with Crippen molar-refractivity contribution in [2.75, 3.05) is 27.3 Å². The Labute approximate surface area is 227 Å². The highest BCUT2D eigenvalue weighted by molar-refractivity contribution is 6.31. The molecule has 0 aliphatic carbocycles. The van der Waals surface area contributed by atoms with Gasteiger partial charge in [0, 0.05) is 35.1 Å². The average molecular weight is 542 g/mol. The van der Waals surface area contributed by atoms with Crippen LogP contribution in [0.25, 0.3) is 0 Å². The van der Waals surface area contributed by atoms with E-state index in [0.717, 1.165) is 19.5 Å². The zero-order valence-corrected chi connectivity index (χ0v) is 22.7. The van der Waals surface area contributed by atoms with E-state index in [-0.39, 0.29) is 34.0 Å². The molecule has 3 rings (SSSR count). The van der Waals surface area contributed by atoms with Crippen LogP contribution >= 0.6 is 11.6 Å². The summed E-state index contributed by atoms with van der Waals surface area (Å²) in [6.45, 7) is 5.19. The van der Waals surface area contributed by atoms with Crippen LogP contribution in [-0.4, -0.2) is 49.1 Å². The predicted molar refractivity (Wildman–Crippen MR) is 144 cm³/mol. The summed E-state index contributed by atoms with van der Waals surface area (Å²) in [6, 6.07) is 14.1. The monoisotopic (exact) mass is 541 g/mol. The van der Waals surface area contributed by atoms with E-state index >= 15 is 0 Å². The molecular formula is C28H32ClN3O6. The van der Waals surface area contributed by atoms with Crippen LogP contribution < -0.4 is 5.32 Å². The topological polar surface area (TPSA) is 111 Å². The van der Waals surface area contributed by atoms with Gasteiger partial charge in [0.05, 0.1) is 35.7 Å². The molecule has 0 saturated heterocycles. The van der Waals surface area contributed by atoms with Crippen molar-refractivity contribution in [3.05, 3.63) is 97.3 Å². The molecule has 1 heterocycles. The van der Waals surface area contributed by atoms with E-state index in [2.05, 4.69) is 22.3 Å². The van der Waals surface area contributed by atoms with Gasteiger partial charge in [0.25, 0.3) is 5.69 Å². The summed E-state index contributed by atoms with van der Waals surface area (Å²) in [5, 5.41) is 14.7. The molecule has 9 nitrogen and oxygen atoms in total. The van der Waals surface area contributed by atoms with Crippen LogP contribution in [0, 0.1) is 10.1 Å². The molecule has 1 aliphatic heterocycles. The SMILES string of the molecule is COC(=O)C1=C(C)NC(C)=C(C(=O)OCCCCN(C)Cc2ccccc2)C1c1cc([N+](=O)[O-])ccc1Cl. The largest absolute Gasteiger partial charge is 0.466 e. The maximum absolute atomic E-state index is 13.3. The molecule has 0 radical (unpaired) electrons. The van der Waals surface area contributed by atoms with Gasteiger partial charge in [-0.3, -0.25) is 10.1 Å². The lowest BCUT2D eigenvalue weighted by molar-refractivity contribution is -0.384. The number of methoxy groups -OCH3 is 1. The third-order valence-electron chi connectivity index (χ3n) is 6.35. The molecule has 0 bridgehead atoms. The normalized spacial score (nSPS) is 15.4. The number of dihydropyridines is 1. The molecule has 2 aromatic carbocycles. The number of benzene rings is 2. The lowest BCUT2D eigenvalue weighted by Gasteiger charge is -2.30. The summed E-state index contributed by atoms with van der Waals surface area (Å²) >= 11 is 6.45. The van der Waals surface area contributed by atoms with Gasteiger partial charge in [-0.2, -0.15) is 0 Å². The van der Waals surface area contributed by atoms with Gasteiger partial charge in [-0.25, -0.2) is 9.59 Å². The Bertz CT molecular complexity index is 1260. The molecule has 0 saturated carbocycles. The number of carbonyl (C=O) groups is 2. The van der Waals surface area contributed by atoms with Crippen molar-refractivity contribution in [1.82, 2.24) is 10.2 Å². The number of non-ortho nitro benzene ring substituents is 1. The lowest BCUT2D eigenvalue weighted by atomic mass is 9.80. The summed E-state index contributed by atoms with van der Waals surface area (Å²) in [5.41, 5.74) is 2.47. The fourth-order valence-corrected chi connectivity index (χ4v) is 4.75. The Morgan fingerprint density at radius 1 is 1.05 bits per heavy atom. The number of nitrogens with zero attached hydrogens (tertiary/aromatic N) is 2. The van der Waals surface area contributed by atoms with E-state index in [0.29, 0.717) is 17.8 Å². The van der Waals surface area contributed by atoms with Crippen molar-refractivity contribution in [2.45, 2.75) is 39.2 Å². The summed E-state index contributed by atoms with van der Waals surface area (Å²) in [5.74, 6) is -2.31. The number of halogens is 1. The fraction of sp³-hybridized carbons (Fsp3) is 0.357. The number of carbonyl (C=O) groups excluding carboxylic acids is 2. The molecule has 1 unspecified atom stereocenters. The zero-order chi connectivity index (χ0) is 27.8. The second-order valence-electron chi connectivity index (χ2n) is 9.16. The minimum Gasteiger partial charge on any atom is -0.466 e. The van der Waals surface area contributed by atoms with Gasteiger partial charge in [0.15, 0.2) is 0 Å². The lowest BCUT2D eigenvalue weighted by Crippen LogP contribution is -2.32. The van der Waals surface area contributed by atoms with Gasteiger partial charge in [0.2, 0.25) is 0 Å². The summed E-state index contributed by atoms with van der Waals surface area (Å²) < 4.78 is 10.6. The van der Waals surface area contributed by atoms with Crippen LogP contribution in [0.3, 0.4) is 0 Å². The van der Waals surface area contributed by atoms with Crippen LogP contribution in [0.1, 0.15) is 43.7 Å². The Balaban J connectivity index is 1.75. The van der Waals surface area contributed by atoms with E-state index in [1.165, 1.54) is 30.9 Å². The maximum atomic E-state index is 13.3. The van der Waals surface area contributed by atoms with Gasteiger partial charge in [-0.1, -0.05) is 41.9 Å². The van der Waals surface area contributed by atoms with Crippen molar-refractivity contribution < 1.29 is 24.0 Å². The molecule has 1 atom stereocenters. The number of unbranched alkanes of at least 4 members (excludes halogenated alkanes) is 1. The number of rotatable bonds is 11. The quantitative estimate of drug-likeness (QED) is 0.181. The third-order valence-corrected chi connectivity index (χ3v) is 6.69. The molecule has 1 aliphatic rings. The minimum absolute atomic E-state index is 0.134. The molecule has 1 N–H and O–H groups in total. The second kappa shape index (κ2) is 13.2. The smallest absolute Gasteiger partial charge is 0.336 e. The number of esters is 2. The number of nitro benzene ring substituents is 1. The number of hydrogen-bond acceptors (Lipinski definition) is 8. The molecule has 2 aromatic rings. The molecular weight excluding hydrogens is 510 g/mol. The predicted octanol–water partition coefficient (Wildman–Crippen LogP) is 5.11. The molecule has 38 heavy (non-hydrogen) atoms. The van der Waals surface area contributed by atoms with Crippen LogP contribution in [-0.2, 0) is 25.6 Å². The molecule has 0 amide bonds.